The van der Waals surface area contributed by atoms with Gasteiger partial charge in [0.2, 0.25) is 0 Å². The SMILES string of the molecule is O=S(=O)(c1ccccc1)n1c(I)cc2c(I)ccnc21. The third-order valence-electron chi connectivity index (χ3n) is 2.85. The molecule has 0 N–H and O–H groups in total. The highest BCUT2D eigenvalue weighted by Gasteiger charge is 2.23. The highest BCUT2D eigenvalue weighted by molar-refractivity contribution is 14.1. The molecule has 0 bridgehead atoms. The fraction of sp³-hybridized carbons (Fsp3) is 0. The normalized spacial score (nSPS) is 11.9. The van der Waals surface area contributed by atoms with Gasteiger partial charge in [0.1, 0.15) is 0 Å². The van der Waals surface area contributed by atoms with Gasteiger partial charge in [0.25, 0.3) is 10.0 Å². The topological polar surface area (TPSA) is 52.0 Å². The van der Waals surface area contributed by atoms with E-state index in [2.05, 4.69) is 27.6 Å². The average Bonchev–Trinajstić information content (AvgIpc) is 2.78. The van der Waals surface area contributed by atoms with Crippen LogP contribution in [-0.4, -0.2) is 17.4 Å². The third kappa shape index (κ3) is 2.25. The summed E-state index contributed by atoms with van der Waals surface area (Å²) in [6, 6.07) is 12.1. The van der Waals surface area contributed by atoms with Gasteiger partial charge in [-0.05, 0) is 69.4 Å². The third-order valence-corrected chi connectivity index (χ3v) is 6.63. The lowest BCUT2D eigenvalue weighted by molar-refractivity contribution is 0.588. The second kappa shape index (κ2) is 5.26. The van der Waals surface area contributed by atoms with Crippen LogP contribution in [0.15, 0.2) is 53.6 Å². The van der Waals surface area contributed by atoms with E-state index in [1.54, 1.807) is 36.5 Å². The Morgan fingerprint density at radius 1 is 1.05 bits per heavy atom. The van der Waals surface area contributed by atoms with Crippen molar-refractivity contribution >= 4 is 66.2 Å². The molecule has 0 fully saturated rings. The molecule has 0 amide bonds. The standard InChI is InChI=1S/C13H8I2N2O2S/c14-11-6-7-16-13-10(11)8-12(15)17(13)20(18,19)9-4-2-1-3-5-9/h1-8H. The van der Waals surface area contributed by atoms with E-state index < -0.39 is 10.0 Å². The zero-order chi connectivity index (χ0) is 14.3. The highest BCUT2D eigenvalue weighted by Crippen LogP contribution is 2.27. The van der Waals surface area contributed by atoms with Gasteiger partial charge >= 0.3 is 0 Å². The summed E-state index contributed by atoms with van der Waals surface area (Å²) >= 11 is 4.20. The smallest absolute Gasteiger partial charge is 0.237 e. The van der Waals surface area contributed by atoms with Crippen molar-refractivity contribution in [3.8, 4) is 0 Å². The summed E-state index contributed by atoms with van der Waals surface area (Å²) < 4.78 is 28.4. The van der Waals surface area contributed by atoms with Crippen molar-refractivity contribution in [3.63, 3.8) is 0 Å². The van der Waals surface area contributed by atoms with E-state index in [1.165, 1.54) is 3.97 Å². The molecule has 3 aromatic rings. The van der Waals surface area contributed by atoms with Crippen molar-refractivity contribution in [1.82, 2.24) is 8.96 Å². The lowest BCUT2D eigenvalue weighted by Crippen LogP contribution is -2.14. The number of hydrogen-bond donors (Lipinski definition) is 0. The molecule has 2 aromatic heterocycles. The first kappa shape index (κ1) is 14.3. The van der Waals surface area contributed by atoms with Gasteiger partial charge in [-0.3, -0.25) is 0 Å². The zero-order valence-corrected chi connectivity index (χ0v) is 15.1. The fourth-order valence-electron chi connectivity index (χ4n) is 1.94. The van der Waals surface area contributed by atoms with Crippen LogP contribution < -0.4 is 0 Å². The van der Waals surface area contributed by atoms with Crippen molar-refractivity contribution in [3.05, 3.63) is 55.9 Å². The van der Waals surface area contributed by atoms with E-state index in [-0.39, 0.29) is 4.90 Å². The number of fused-ring (bicyclic) bond motifs is 1. The number of pyridine rings is 1. The summed E-state index contributed by atoms with van der Waals surface area (Å²) in [4.78, 5) is 4.49. The fourth-order valence-corrected chi connectivity index (χ4v) is 5.18. The molecule has 0 aliphatic carbocycles. The molecule has 0 aliphatic rings. The summed E-state index contributed by atoms with van der Waals surface area (Å²) in [5.74, 6) is 0. The van der Waals surface area contributed by atoms with Crippen LogP contribution in [0.4, 0.5) is 0 Å². The van der Waals surface area contributed by atoms with Gasteiger partial charge in [-0.1, -0.05) is 18.2 Å². The van der Waals surface area contributed by atoms with Crippen molar-refractivity contribution in [1.29, 1.82) is 0 Å². The Morgan fingerprint density at radius 3 is 2.45 bits per heavy atom. The minimum absolute atomic E-state index is 0.260. The van der Waals surface area contributed by atoms with E-state index in [1.807, 2.05) is 34.7 Å². The molecule has 0 aliphatic heterocycles. The van der Waals surface area contributed by atoms with Crippen molar-refractivity contribution in [2.45, 2.75) is 4.90 Å². The van der Waals surface area contributed by atoms with E-state index in [0.29, 0.717) is 9.35 Å². The summed E-state index contributed by atoms with van der Waals surface area (Å²) in [7, 11) is -3.63. The largest absolute Gasteiger partial charge is 0.270 e. The second-order valence-electron chi connectivity index (χ2n) is 4.08. The number of benzene rings is 1. The van der Waals surface area contributed by atoms with Gasteiger partial charge in [0, 0.05) is 15.2 Å². The molecule has 0 saturated carbocycles. The maximum absolute atomic E-state index is 12.8. The zero-order valence-electron chi connectivity index (χ0n) is 9.99. The Labute approximate surface area is 143 Å². The molecule has 4 nitrogen and oxygen atoms in total. The summed E-state index contributed by atoms with van der Waals surface area (Å²) in [6.45, 7) is 0. The van der Waals surface area contributed by atoms with Crippen LogP contribution in [0.25, 0.3) is 11.0 Å². The highest BCUT2D eigenvalue weighted by atomic mass is 127. The van der Waals surface area contributed by atoms with E-state index in [9.17, 15) is 8.42 Å². The second-order valence-corrected chi connectivity index (χ2v) is 8.13. The number of aromatic nitrogens is 2. The van der Waals surface area contributed by atoms with E-state index in [0.717, 1.165) is 8.96 Å². The van der Waals surface area contributed by atoms with Gasteiger partial charge < -0.3 is 0 Å². The number of nitrogens with zero attached hydrogens (tertiary/aromatic N) is 2. The molecule has 20 heavy (non-hydrogen) atoms. The number of rotatable bonds is 2. The number of halogens is 2. The molecule has 0 saturated heterocycles. The van der Waals surface area contributed by atoms with Crippen molar-refractivity contribution < 1.29 is 8.42 Å². The Morgan fingerprint density at radius 2 is 1.75 bits per heavy atom. The molecule has 7 heteroatoms. The molecule has 0 unspecified atom stereocenters. The molecule has 0 spiro atoms. The molecule has 1 aromatic carbocycles. The summed E-state index contributed by atoms with van der Waals surface area (Å²) in [6.07, 6.45) is 1.62. The minimum atomic E-state index is -3.63. The lowest BCUT2D eigenvalue weighted by atomic mass is 10.3. The van der Waals surface area contributed by atoms with E-state index >= 15 is 0 Å². The molecule has 0 radical (unpaired) electrons. The molecule has 0 atom stereocenters. The first-order valence-electron chi connectivity index (χ1n) is 5.64. The maximum Gasteiger partial charge on any atom is 0.270 e. The first-order valence-corrected chi connectivity index (χ1v) is 9.23. The minimum Gasteiger partial charge on any atom is -0.237 e. The van der Waals surface area contributed by atoms with Crippen LogP contribution in [0.5, 0.6) is 0 Å². The lowest BCUT2D eigenvalue weighted by Gasteiger charge is -2.08. The van der Waals surface area contributed by atoms with Crippen LogP contribution in [0, 0.1) is 7.27 Å². The number of hydrogen-bond acceptors (Lipinski definition) is 3. The quantitative estimate of drug-likeness (QED) is 0.497. The molecular formula is C13H8I2N2O2S. The average molecular weight is 510 g/mol. The van der Waals surface area contributed by atoms with Gasteiger partial charge in [-0.25, -0.2) is 17.4 Å². The van der Waals surface area contributed by atoms with Crippen LogP contribution in [0.3, 0.4) is 0 Å². The molecule has 2 heterocycles. The molecule has 3 rings (SSSR count). The Hall–Kier alpha value is -0.680. The van der Waals surface area contributed by atoms with Crippen molar-refractivity contribution in [2.24, 2.45) is 0 Å². The van der Waals surface area contributed by atoms with Gasteiger partial charge in [0.15, 0.2) is 5.65 Å². The maximum atomic E-state index is 12.8. The Balaban J connectivity index is 2.36. The van der Waals surface area contributed by atoms with Crippen LogP contribution >= 0.6 is 45.2 Å². The Bertz CT molecular complexity index is 889. The van der Waals surface area contributed by atoms with Gasteiger partial charge in [-0.15, -0.1) is 0 Å². The van der Waals surface area contributed by atoms with Crippen LogP contribution in [-0.2, 0) is 10.0 Å². The van der Waals surface area contributed by atoms with Crippen LogP contribution in [0.2, 0.25) is 0 Å². The first-order chi connectivity index (χ1) is 9.51. The predicted molar refractivity (Wildman–Crippen MR) is 94.2 cm³/mol. The summed E-state index contributed by atoms with van der Waals surface area (Å²) in [5.41, 5.74) is 0.463. The monoisotopic (exact) mass is 510 g/mol. The van der Waals surface area contributed by atoms with E-state index in [4.69, 9.17) is 0 Å². The summed E-state index contributed by atoms with van der Waals surface area (Å²) in [5, 5.41) is 0.844. The predicted octanol–water partition coefficient (Wildman–Crippen LogP) is 3.48. The Kier molecular flexibility index (Phi) is 3.75. The molecule has 102 valence electrons. The molecular weight excluding hydrogens is 502 g/mol. The van der Waals surface area contributed by atoms with Crippen molar-refractivity contribution in [2.75, 3.05) is 0 Å². The van der Waals surface area contributed by atoms with Crippen LogP contribution in [0.1, 0.15) is 0 Å². The van der Waals surface area contributed by atoms with Gasteiger partial charge in [-0.2, -0.15) is 0 Å². The van der Waals surface area contributed by atoms with Gasteiger partial charge in [0.05, 0.1) is 8.60 Å².